The first-order chi connectivity index (χ1) is 9.05. The Morgan fingerprint density at radius 1 is 0.842 bits per heavy atom. The molecule has 19 heavy (non-hydrogen) atoms. The van der Waals surface area contributed by atoms with Gasteiger partial charge in [0.1, 0.15) is 0 Å². The Morgan fingerprint density at radius 3 is 1.42 bits per heavy atom. The largest absolute Gasteiger partial charge is 0.310 e. The van der Waals surface area contributed by atoms with Crippen molar-refractivity contribution in [2.24, 2.45) is 0 Å². The van der Waals surface area contributed by atoms with Gasteiger partial charge in [0.2, 0.25) is 0 Å². The van der Waals surface area contributed by atoms with Crippen molar-refractivity contribution in [1.29, 1.82) is 5.41 Å². The monoisotopic (exact) mass is 258 g/mol. The molecule has 2 nitrogen and oxygen atoms in total. The minimum Gasteiger partial charge on any atom is -0.310 e. The SMILES string of the molecule is C=CCC1(CC=C)CC(=N)CC(CC=C)(CC=C)N1. The molecule has 0 bridgehead atoms. The first kappa shape index (κ1) is 15.6. The summed E-state index contributed by atoms with van der Waals surface area (Å²) in [5.41, 5.74) is 0.557. The Labute approximate surface area is 117 Å². The van der Waals surface area contributed by atoms with Crippen LogP contribution in [-0.4, -0.2) is 16.8 Å². The fourth-order valence-electron chi connectivity index (χ4n) is 3.29. The molecule has 1 heterocycles. The van der Waals surface area contributed by atoms with Crippen LogP contribution < -0.4 is 5.32 Å². The molecule has 2 heteroatoms. The van der Waals surface area contributed by atoms with E-state index >= 15 is 0 Å². The summed E-state index contributed by atoms with van der Waals surface area (Å²) in [5, 5.41) is 12.0. The summed E-state index contributed by atoms with van der Waals surface area (Å²) in [6, 6.07) is 0. The van der Waals surface area contributed by atoms with Crippen molar-refractivity contribution in [1.82, 2.24) is 5.32 Å². The van der Waals surface area contributed by atoms with Gasteiger partial charge in [0, 0.05) is 29.6 Å². The van der Waals surface area contributed by atoms with E-state index in [1.807, 2.05) is 24.3 Å². The maximum atomic E-state index is 8.24. The van der Waals surface area contributed by atoms with Crippen LogP contribution in [0.2, 0.25) is 0 Å². The van der Waals surface area contributed by atoms with E-state index in [1.165, 1.54) is 0 Å². The fraction of sp³-hybridized carbons (Fsp3) is 0.471. The van der Waals surface area contributed by atoms with Crippen molar-refractivity contribution in [3.05, 3.63) is 50.6 Å². The van der Waals surface area contributed by atoms with E-state index < -0.39 is 0 Å². The van der Waals surface area contributed by atoms with Crippen LogP contribution in [-0.2, 0) is 0 Å². The quantitative estimate of drug-likeness (QED) is 0.630. The lowest BCUT2D eigenvalue weighted by Crippen LogP contribution is -2.63. The highest BCUT2D eigenvalue weighted by molar-refractivity contribution is 5.85. The number of nitrogens with one attached hydrogen (secondary N) is 2. The number of rotatable bonds is 8. The smallest absolute Gasteiger partial charge is 0.0307 e. The van der Waals surface area contributed by atoms with Crippen molar-refractivity contribution in [3.63, 3.8) is 0 Å². The van der Waals surface area contributed by atoms with Gasteiger partial charge in [0.25, 0.3) is 0 Å². The predicted octanol–water partition coefficient (Wildman–Crippen LogP) is 4.17. The minimum absolute atomic E-state index is 0.120. The molecule has 1 rings (SSSR count). The highest BCUT2D eigenvalue weighted by Crippen LogP contribution is 2.36. The lowest BCUT2D eigenvalue weighted by atomic mass is 9.72. The van der Waals surface area contributed by atoms with Crippen LogP contribution in [0.5, 0.6) is 0 Å². The Morgan fingerprint density at radius 2 is 1.16 bits per heavy atom. The topological polar surface area (TPSA) is 35.9 Å². The van der Waals surface area contributed by atoms with Crippen molar-refractivity contribution in [2.75, 3.05) is 0 Å². The highest BCUT2D eigenvalue weighted by atomic mass is 15.1. The molecular weight excluding hydrogens is 232 g/mol. The zero-order valence-electron chi connectivity index (χ0n) is 11.9. The molecule has 1 fully saturated rings. The van der Waals surface area contributed by atoms with Crippen molar-refractivity contribution in [2.45, 2.75) is 49.6 Å². The summed E-state index contributed by atoms with van der Waals surface area (Å²) in [4.78, 5) is 0. The molecule has 1 saturated heterocycles. The van der Waals surface area contributed by atoms with E-state index in [0.29, 0.717) is 0 Å². The Hall–Kier alpha value is -1.41. The molecule has 0 aromatic heterocycles. The number of hydrogen-bond acceptors (Lipinski definition) is 2. The summed E-state index contributed by atoms with van der Waals surface area (Å²) >= 11 is 0. The van der Waals surface area contributed by atoms with Crippen LogP contribution in [0.4, 0.5) is 0 Å². The van der Waals surface area contributed by atoms with E-state index in [0.717, 1.165) is 44.2 Å². The van der Waals surface area contributed by atoms with Gasteiger partial charge in [-0.15, -0.1) is 26.3 Å². The third-order valence-electron chi connectivity index (χ3n) is 3.77. The van der Waals surface area contributed by atoms with E-state index in [2.05, 4.69) is 31.6 Å². The second-order valence-corrected chi connectivity index (χ2v) is 5.61. The number of piperidine rings is 1. The van der Waals surface area contributed by atoms with Crippen molar-refractivity contribution < 1.29 is 0 Å². The van der Waals surface area contributed by atoms with Gasteiger partial charge in [-0.2, -0.15) is 0 Å². The van der Waals surface area contributed by atoms with E-state index in [-0.39, 0.29) is 11.1 Å². The Kier molecular flexibility index (Phi) is 5.49. The van der Waals surface area contributed by atoms with E-state index in [9.17, 15) is 0 Å². The molecule has 1 aliphatic heterocycles. The fourth-order valence-corrected chi connectivity index (χ4v) is 3.29. The normalized spacial score (nSPS) is 20.5. The predicted molar refractivity (Wildman–Crippen MR) is 84.8 cm³/mol. The second kappa shape index (κ2) is 6.67. The Balaban J connectivity index is 3.09. The average Bonchev–Trinajstić information content (AvgIpc) is 2.28. The first-order valence-electron chi connectivity index (χ1n) is 6.84. The van der Waals surface area contributed by atoms with E-state index in [4.69, 9.17) is 5.41 Å². The molecule has 0 aromatic carbocycles. The van der Waals surface area contributed by atoms with Crippen LogP contribution in [0, 0.1) is 5.41 Å². The standard InChI is InChI=1S/C17H26N2/c1-5-9-16(10-6-2)13-15(18)14-17(19-16,11-7-3)12-8-4/h5-8,18-19H,1-4,9-14H2. The maximum Gasteiger partial charge on any atom is 0.0307 e. The van der Waals surface area contributed by atoms with Crippen LogP contribution in [0.15, 0.2) is 50.6 Å². The number of hydrogen-bond donors (Lipinski definition) is 2. The molecule has 0 unspecified atom stereocenters. The summed E-state index contributed by atoms with van der Waals surface area (Å²) < 4.78 is 0. The molecule has 0 amide bonds. The third kappa shape index (κ3) is 3.77. The molecular formula is C17H26N2. The van der Waals surface area contributed by atoms with Gasteiger partial charge in [-0.3, -0.25) is 0 Å². The highest BCUT2D eigenvalue weighted by Gasteiger charge is 2.43. The first-order valence-corrected chi connectivity index (χ1v) is 6.84. The molecule has 0 atom stereocenters. The summed E-state index contributed by atoms with van der Waals surface area (Å²) in [6.45, 7) is 15.4. The van der Waals surface area contributed by atoms with Gasteiger partial charge >= 0.3 is 0 Å². The summed E-state index contributed by atoms with van der Waals surface area (Å²) in [6.07, 6.45) is 12.6. The van der Waals surface area contributed by atoms with Crippen LogP contribution >= 0.6 is 0 Å². The van der Waals surface area contributed by atoms with Gasteiger partial charge in [-0.1, -0.05) is 24.3 Å². The van der Waals surface area contributed by atoms with E-state index in [1.54, 1.807) is 0 Å². The molecule has 0 aliphatic carbocycles. The van der Waals surface area contributed by atoms with Crippen LogP contribution in [0.3, 0.4) is 0 Å². The van der Waals surface area contributed by atoms with Crippen molar-refractivity contribution >= 4 is 5.71 Å². The summed E-state index contributed by atoms with van der Waals surface area (Å²) in [5.74, 6) is 0. The van der Waals surface area contributed by atoms with Crippen LogP contribution in [0.25, 0.3) is 0 Å². The van der Waals surface area contributed by atoms with Gasteiger partial charge in [-0.05, 0) is 25.7 Å². The third-order valence-corrected chi connectivity index (χ3v) is 3.77. The molecule has 0 saturated carbocycles. The molecule has 0 radical (unpaired) electrons. The molecule has 0 spiro atoms. The second-order valence-electron chi connectivity index (χ2n) is 5.61. The Bertz CT molecular complexity index is 325. The zero-order valence-corrected chi connectivity index (χ0v) is 11.9. The molecule has 104 valence electrons. The molecule has 1 aliphatic rings. The van der Waals surface area contributed by atoms with Crippen LogP contribution in [0.1, 0.15) is 38.5 Å². The summed E-state index contributed by atoms with van der Waals surface area (Å²) in [7, 11) is 0. The lowest BCUT2D eigenvalue weighted by molar-refractivity contribution is 0.190. The van der Waals surface area contributed by atoms with Crippen molar-refractivity contribution in [3.8, 4) is 0 Å². The maximum absolute atomic E-state index is 8.24. The van der Waals surface area contributed by atoms with Gasteiger partial charge in [0.05, 0.1) is 0 Å². The van der Waals surface area contributed by atoms with Gasteiger partial charge in [-0.25, -0.2) is 0 Å². The average molecular weight is 258 g/mol. The molecule has 0 aromatic rings. The lowest BCUT2D eigenvalue weighted by Gasteiger charge is -2.49. The zero-order chi connectivity index (χ0) is 14.4. The minimum atomic E-state index is -0.120. The van der Waals surface area contributed by atoms with Gasteiger partial charge < -0.3 is 10.7 Å². The van der Waals surface area contributed by atoms with Gasteiger partial charge in [0.15, 0.2) is 0 Å². The molecule has 2 N–H and O–H groups in total.